The molecular weight excluding hydrogens is 375 g/mol. The second-order valence-corrected chi connectivity index (χ2v) is 6.08. The maximum absolute atomic E-state index is 11.9. The number of hydrogen-bond acceptors (Lipinski definition) is 3. The van der Waals surface area contributed by atoms with Crippen molar-refractivity contribution in [2.24, 2.45) is 0 Å². The molecule has 0 aromatic heterocycles. The van der Waals surface area contributed by atoms with Crippen molar-refractivity contribution in [3.05, 3.63) is 62.6 Å². The van der Waals surface area contributed by atoms with Gasteiger partial charge in [0.2, 0.25) is 0 Å². The highest BCUT2D eigenvalue weighted by molar-refractivity contribution is 6.43. The summed E-state index contributed by atoms with van der Waals surface area (Å²) >= 11 is 17.6. The number of hydrazine groups is 1. The van der Waals surface area contributed by atoms with Gasteiger partial charge in [-0.3, -0.25) is 20.4 Å². The summed E-state index contributed by atoms with van der Waals surface area (Å²) in [4.78, 5) is 23.6. The zero-order chi connectivity index (χ0) is 17.7. The quantitative estimate of drug-likeness (QED) is 0.619. The minimum absolute atomic E-state index is 0.214. The first-order valence-corrected chi connectivity index (χ1v) is 7.93. The molecule has 2 N–H and O–H groups in total. The van der Waals surface area contributed by atoms with Gasteiger partial charge in [0, 0.05) is 11.6 Å². The largest absolute Gasteiger partial charge is 0.482 e. The second kappa shape index (κ2) is 8.24. The summed E-state index contributed by atoms with van der Waals surface area (Å²) in [5.74, 6) is -0.778. The summed E-state index contributed by atoms with van der Waals surface area (Å²) < 4.78 is 5.25. The van der Waals surface area contributed by atoms with E-state index in [9.17, 15) is 9.59 Å². The smallest absolute Gasteiger partial charge is 0.276 e. The van der Waals surface area contributed by atoms with Crippen molar-refractivity contribution in [2.75, 3.05) is 6.61 Å². The maximum Gasteiger partial charge on any atom is 0.276 e. The fraction of sp³-hybridized carbons (Fsp3) is 0.125. The van der Waals surface area contributed by atoms with Crippen molar-refractivity contribution in [2.45, 2.75) is 6.92 Å². The lowest BCUT2D eigenvalue weighted by atomic mass is 10.1. The Labute approximate surface area is 153 Å². The topological polar surface area (TPSA) is 67.4 Å². The SMILES string of the molecule is Cc1ccc(C(=O)NNC(=O)COc2cc(Cl)c(Cl)cc2Cl)cc1. The van der Waals surface area contributed by atoms with Crippen molar-refractivity contribution in [3.63, 3.8) is 0 Å². The van der Waals surface area contributed by atoms with Crippen molar-refractivity contribution in [1.29, 1.82) is 0 Å². The molecule has 0 saturated carbocycles. The normalized spacial score (nSPS) is 10.2. The fourth-order valence-electron chi connectivity index (χ4n) is 1.70. The van der Waals surface area contributed by atoms with E-state index in [-0.39, 0.29) is 27.4 Å². The van der Waals surface area contributed by atoms with Crippen molar-refractivity contribution in [1.82, 2.24) is 10.9 Å². The van der Waals surface area contributed by atoms with Crippen LogP contribution in [0.25, 0.3) is 0 Å². The van der Waals surface area contributed by atoms with Gasteiger partial charge in [0.05, 0.1) is 15.1 Å². The summed E-state index contributed by atoms with van der Waals surface area (Å²) in [7, 11) is 0. The number of benzene rings is 2. The lowest BCUT2D eigenvalue weighted by Crippen LogP contribution is -2.43. The zero-order valence-corrected chi connectivity index (χ0v) is 14.8. The molecule has 0 atom stereocenters. The molecule has 0 aliphatic heterocycles. The zero-order valence-electron chi connectivity index (χ0n) is 12.5. The first kappa shape index (κ1) is 18.4. The molecule has 2 amide bonds. The molecule has 5 nitrogen and oxygen atoms in total. The van der Waals surface area contributed by atoms with Crippen LogP contribution >= 0.6 is 34.8 Å². The molecule has 2 aromatic rings. The Hall–Kier alpha value is -1.95. The van der Waals surface area contributed by atoms with E-state index in [2.05, 4.69) is 10.9 Å². The average molecular weight is 388 g/mol. The van der Waals surface area contributed by atoms with Crippen LogP contribution in [0.1, 0.15) is 15.9 Å². The van der Waals surface area contributed by atoms with Crippen LogP contribution in [0.4, 0.5) is 0 Å². The Morgan fingerprint density at radius 3 is 2.25 bits per heavy atom. The van der Waals surface area contributed by atoms with E-state index >= 15 is 0 Å². The van der Waals surface area contributed by atoms with Crippen LogP contribution in [0.5, 0.6) is 5.75 Å². The number of rotatable bonds is 4. The first-order chi connectivity index (χ1) is 11.4. The van der Waals surface area contributed by atoms with E-state index in [0.29, 0.717) is 5.56 Å². The molecular formula is C16H13Cl3N2O3. The van der Waals surface area contributed by atoms with E-state index in [0.717, 1.165) is 5.56 Å². The van der Waals surface area contributed by atoms with Gasteiger partial charge in [-0.15, -0.1) is 0 Å². The third-order valence-electron chi connectivity index (χ3n) is 2.96. The highest BCUT2D eigenvalue weighted by Crippen LogP contribution is 2.33. The molecule has 0 unspecified atom stereocenters. The van der Waals surface area contributed by atoms with Crippen LogP contribution in [0, 0.1) is 6.92 Å². The van der Waals surface area contributed by atoms with Gasteiger partial charge in [0.15, 0.2) is 6.61 Å². The molecule has 24 heavy (non-hydrogen) atoms. The number of carbonyl (C=O) groups excluding carboxylic acids is 2. The predicted octanol–water partition coefficient (Wildman–Crippen LogP) is 3.80. The van der Waals surface area contributed by atoms with Crippen LogP contribution < -0.4 is 15.6 Å². The molecule has 0 fully saturated rings. The van der Waals surface area contributed by atoms with Gasteiger partial charge < -0.3 is 4.74 Å². The molecule has 2 rings (SSSR count). The van der Waals surface area contributed by atoms with Crippen molar-refractivity contribution in [3.8, 4) is 5.75 Å². The number of hydrogen-bond donors (Lipinski definition) is 2. The summed E-state index contributed by atoms with van der Waals surface area (Å²) in [5, 5.41) is 0.758. The van der Waals surface area contributed by atoms with E-state index in [1.54, 1.807) is 24.3 Å². The minimum atomic E-state index is -0.558. The molecule has 2 aromatic carbocycles. The highest BCUT2D eigenvalue weighted by Gasteiger charge is 2.11. The summed E-state index contributed by atoms with van der Waals surface area (Å²) in [6, 6.07) is 9.73. The third-order valence-corrected chi connectivity index (χ3v) is 3.98. The number of nitrogens with one attached hydrogen (secondary N) is 2. The third kappa shape index (κ3) is 5.03. The van der Waals surface area contributed by atoms with E-state index in [4.69, 9.17) is 39.5 Å². The minimum Gasteiger partial charge on any atom is -0.482 e. The van der Waals surface area contributed by atoms with Gasteiger partial charge in [-0.05, 0) is 25.1 Å². The van der Waals surface area contributed by atoms with Gasteiger partial charge in [-0.2, -0.15) is 0 Å². The predicted molar refractivity (Wildman–Crippen MR) is 93.8 cm³/mol. The Bertz CT molecular complexity index is 764. The van der Waals surface area contributed by atoms with E-state index in [1.807, 2.05) is 6.92 Å². The Kier molecular flexibility index (Phi) is 6.31. The van der Waals surface area contributed by atoms with E-state index in [1.165, 1.54) is 12.1 Å². The fourth-order valence-corrected chi connectivity index (χ4v) is 2.29. The molecule has 0 aliphatic rings. The molecule has 126 valence electrons. The lowest BCUT2D eigenvalue weighted by molar-refractivity contribution is -0.123. The van der Waals surface area contributed by atoms with E-state index < -0.39 is 11.8 Å². The molecule has 0 bridgehead atoms. The number of aryl methyl sites for hydroxylation is 1. The molecule has 0 radical (unpaired) electrons. The van der Waals surface area contributed by atoms with Gasteiger partial charge in [0.25, 0.3) is 11.8 Å². The van der Waals surface area contributed by atoms with Gasteiger partial charge in [-0.25, -0.2) is 0 Å². The van der Waals surface area contributed by atoms with Gasteiger partial charge in [0.1, 0.15) is 5.75 Å². The van der Waals surface area contributed by atoms with Crippen molar-refractivity contribution < 1.29 is 14.3 Å². The average Bonchev–Trinajstić information content (AvgIpc) is 2.55. The summed E-state index contributed by atoms with van der Waals surface area (Å²) in [5.41, 5.74) is 5.99. The number of ether oxygens (including phenoxy) is 1. The van der Waals surface area contributed by atoms with Crippen LogP contribution in [0.15, 0.2) is 36.4 Å². The Balaban J connectivity index is 1.84. The number of amides is 2. The summed E-state index contributed by atoms with van der Waals surface area (Å²) in [6.07, 6.45) is 0. The van der Waals surface area contributed by atoms with Crippen LogP contribution in [-0.4, -0.2) is 18.4 Å². The standard InChI is InChI=1S/C16H13Cl3N2O3/c1-9-2-4-10(5-3-9)16(23)21-20-15(22)8-24-14-7-12(18)11(17)6-13(14)19/h2-7H,8H2,1H3,(H,20,22)(H,21,23). The van der Waals surface area contributed by atoms with Gasteiger partial charge >= 0.3 is 0 Å². The van der Waals surface area contributed by atoms with Crippen LogP contribution in [0.2, 0.25) is 15.1 Å². The summed E-state index contributed by atoms with van der Waals surface area (Å²) in [6.45, 7) is 1.56. The molecule has 0 saturated heterocycles. The first-order valence-electron chi connectivity index (χ1n) is 6.80. The number of carbonyl (C=O) groups is 2. The molecule has 0 spiro atoms. The van der Waals surface area contributed by atoms with Crippen molar-refractivity contribution >= 4 is 46.6 Å². The maximum atomic E-state index is 11.9. The van der Waals surface area contributed by atoms with Crippen LogP contribution in [-0.2, 0) is 4.79 Å². The molecule has 0 aliphatic carbocycles. The van der Waals surface area contributed by atoms with Gasteiger partial charge in [-0.1, -0.05) is 52.5 Å². The molecule has 0 heterocycles. The number of halogens is 3. The second-order valence-electron chi connectivity index (χ2n) is 4.85. The van der Waals surface area contributed by atoms with Crippen LogP contribution in [0.3, 0.4) is 0 Å². The monoisotopic (exact) mass is 386 g/mol. The highest BCUT2D eigenvalue weighted by atomic mass is 35.5. The Morgan fingerprint density at radius 1 is 0.958 bits per heavy atom. The molecule has 8 heteroatoms. The Morgan fingerprint density at radius 2 is 1.58 bits per heavy atom. The lowest BCUT2D eigenvalue weighted by Gasteiger charge is -2.10.